The molecule has 3 nitrogen and oxygen atoms in total. The summed E-state index contributed by atoms with van der Waals surface area (Å²) < 4.78 is 2.13. The second-order valence-corrected chi connectivity index (χ2v) is 13.5. The molecule has 2 aromatic heterocycles. The summed E-state index contributed by atoms with van der Waals surface area (Å²) in [6, 6.07) is 60.5. The van der Waals surface area contributed by atoms with E-state index < -0.39 is 0 Å². The quantitative estimate of drug-likeness (QED) is 0.131. The molecule has 0 aliphatic rings. The van der Waals surface area contributed by atoms with E-state index in [2.05, 4.69) is 189 Å². The van der Waals surface area contributed by atoms with Gasteiger partial charge in [-0.1, -0.05) is 133 Å². The minimum atomic E-state index is 0.689. The predicted octanol–water partition coefficient (Wildman–Crippen LogP) is 11.9. The topological polar surface area (TPSA) is 29.7 Å². The highest BCUT2D eigenvalue weighted by molar-refractivity contribution is 6.14. The number of pyridine rings is 1. The normalized spacial score (nSPS) is 11.3. The molecule has 0 fully saturated rings. The Hall–Kier alpha value is -6.71. The van der Waals surface area contributed by atoms with Gasteiger partial charge >= 0.3 is 0 Å². The Balaban J connectivity index is 1.28. The van der Waals surface area contributed by atoms with Crippen molar-refractivity contribution in [3.8, 4) is 67.3 Å². The van der Waals surface area contributed by atoms with E-state index in [1.165, 1.54) is 43.8 Å². The lowest BCUT2D eigenvalue weighted by Gasteiger charge is -2.15. The predicted molar refractivity (Wildman–Crippen MR) is 216 cm³/mol. The molecule has 0 aliphatic heterocycles. The van der Waals surface area contributed by atoms with Gasteiger partial charge in [-0.3, -0.25) is 0 Å². The molecule has 9 aromatic rings. The van der Waals surface area contributed by atoms with Crippen molar-refractivity contribution in [3.05, 3.63) is 188 Å². The lowest BCUT2D eigenvalue weighted by atomic mass is 9.90. The third kappa shape index (κ3) is 6.03. The van der Waals surface area contributed by atoms with Crippen LogP contribution in [0.2, 0.25) is 0 Å². The number of aryl methyl sites for hydroxylation is 2. The highest BCUT2D eigenvalue weighted by atomic mass is 14.9. The molecule has 7 aromatic carbocycles. The average Bonchev–Trinajstić information content (AvgIpc) is 3.20. The van der Waals surface area contributed by atoms with Crippen molar-refractivity contribution in [1.29, 1.82) is 0 Å². The summed E-state index contributed by atoms with van der Waals surface area (Å²) in [6.45, 7) is 2.15. The van der Waals surface area contributed by atoms with Crippen molar-refractivity contribution in [1.82, 2.24) is 9.97 Å². The number of benzene rings is 7. The van der Waals surface area contributed by atoms with E-state index in [9.17, 15) is 0 Å². The van der Waals surface area contributed by atoms with E-state index in [-0.39, 0.29) is 0 Å². The standard InChI is InChI=1S/C49H36N3/c1-33-25-42(32-52(2)31-33)39-26-40(46-29-38-17-9-10-18-43(38)44-19-11-12-20-45(44)46)28-41(27-39)49-50-47(36-15-7-4-8-16-36)30-48(51-49)37-23-21-35(22-24-37)34-13-5-3-6-14-34/h3-32H,1-2H3/q+1. The maximum absolute atomic E-state index is 5.30. The van der Waals surface area contributed by atoms with Gasteiger partial charge in [-0.2, -0.15) is 0 Å². The lowest BCUT2D eigenvalue weighted by Crippen LogP contribution is -2.27. The van der Waals surface area contributed by atoms with Crippen molar-refractivity contribution >= 4 is 21.5 Å². The summed E-state index contributed by atoms with van der Waals surface area (Å²) in [6.07, 6.45) is 4.34. The first-order valence-corrected chi connectivity index (χ1v) is 17.7. The fraction of sp³-hybridized carbons (Fsp3) is 0.0408. The van der Waals surface area contributed by atoms with Gasteiger partial charge in [-0.15, -0.1) is 0 Å². The van der Waals surface area contributed by atoms with Crippen LogP contribution in [-0.4, -0.2) is 9.97 Å². The van der Waals surface area contributed by atoms with Gasteiger partial charge in [0.1, 0.15) is 7.05 Å². The molecule has 0 spiro atoms. The number of rotatable bonds is 6. The summed E-state index contributed by atoms with van der Waals surface area (Å²) in [5, 5.41) is 4.93. The van der Waals surface area contributed by atoms with E-state index in [4.69, 9.17) is 9.97 Å². The molecule has 0 radical (unpaired) electrons. The van der Waals surface area contributed by atoms with Gasteiger partial charge in [0.05, 0.1) is 11.4 Å². The van der Waals surface area contributed by atoms with Crippen LogP contribution >= 0.6 is 0 Å². The Kier molecular flexibility index (Phi) is 7.94. The van der Waals surface area contributed by atoms with Gasteiger partial charge in [0, 0.05) is 27.8 Å². The van der Waals surface area contributed by atoms with Crippen molar-refractivity contribution in [3.63, 3.8) is 0 Å². The lowest BCUT2D eigenvalue weighted by molar-refractivity contribution is -0.671. The summed E-state index contributed by atoms with van der Waals surface area (Å²) in [4.78, 5) is 10.6. The molecule has 9 rings (SSSR count). The number of hydrogen-bond acceptors (Lipinski definition) is 2. The molecule has 0 unspecified atom stereocenters. The molecule has 3 heteroatoms. The third-order valence-corrected chi connectivity index (χ3v) is 9.82. The molecule has 246 valence electrons. The highest BCUT2D eigenvalue weighted by Gasteiger charge is 2.17. The van der Waals surface area contributed by atoms with Crippen LogP contribution in [-0.2, 0) is 7.05 Å². The molecule has 0 amide bonds. The maximum Gasteiger partial charge on any atom is 0.176 e. The van der Waals surface area contributed by atoms with Crippen LogP contribution in [0.1, 0.15) is 5.56 Å². The molecular weight excluding hydrogens is 631 g/mol. The zero-order valence-corrected chi connectivity index (χ0v) is 29.2. The fourth-order valence-corrected chi connectivity index (χ4v) is 7.37. The van der Waals surface area contributed by atoms with Gasteiger partial charge in [0.2, 0.25) is 0 Å². The molecule has 0 saturated carbocycles. The largest absolute Gasteiger partial charge is 0.228 e. The summed E-state index contributed by atoms with van der Waals surface area (Å²) in [5.74, 6) is 0.689. The van der Waals surface area contributed by atoms with Crippen LogP contribution in [0.4, 0.5) is 0 Å². The van der Waals surface area contributed by atoms with Gasteiger partial charge in [0.15, 0.2) is 18.2 Å². The monoisotopic (exact) mass is 666 g/mol. The van der Waals surface area contributed by atoms with E-state index in [0.717, 1.165) is 44.8 Å². The van der Waals surface area contributed by atoms with Crippen molar-refractivity contribution in [2.45, 2.75) is 6.92 Å². The Labute approximate surface area is 304 Å². The van der Waals surface area contributed by atoms with Crippen LogP contribution in [0.25, 0.3) is 88.8 Å². The first-order chi connectivity index (χ1) is 25.6. The Morgan fingerprint density at radius 3 is 1.63 bits per heavy atom. The van der Waals surface area contributed by atoms with E-state index >= 15 is 0 Å². The van der Waals surface area contributed by atoms with Crippen LogP contribution in [0.5, 0.6) is 0 Å². The van der Waals surface area contributed by atoms with Crippen LogP contribution in [0.3, 0.4) is 0 Å². The fourth-order valence-electron chi connectivity index (χ4n) is 7.37. The van der Waals surface area contributed by atoms with Gasteiger partial charge in [-0.25, -0.2) is 14.5 Å². The number of nitrogens with zero attached hydrogens (tertiary/aromatic N) is 3. The maximum atomic E-state index is 5.30. The zero-order chi connectivity index (χ0) is 35.0. The molecule has 0 N–H and O–H groups in total. The minimum absolute atomic E-state index is 0.689. The smallest absolute Gasteiger partial charge is 0.176 e. The number of hydrogen-bond donors (Lipinski definition) is 0. The number of fused-ring (bicyclic) bond motifs is 3. The SMILES string of the molecule is Cc1cc(-c2cc(-c3nc(-c4ccccc4)cc(-c4ccc(-c5ccccc5)cc4)n3)cc(-c3cc4ccccc4c4ccccc34)c2)c[n+](C)c1. The summed E-state index contributed by atoms with van der Waals surface area (Å²) >= 11 is 0. The van der Waals surface area contributed by atoms with Crippen LogP contribution in [0.15, 0.2) is 182 Å². The van der Waals surface area contributed by atoms with Crippen LogP contribution in [0, 0.1) is 6.92 Å². The Morgan fingerprint density at radius 1 is 0.385 bits per heavy atom. The van der Waals surface area contributed by atoms with E-state index in [1.807, 2.05) is 12.1 Å². The summed E-state index contributed by atoms with van der Waals surface area (Å²) in [7, 11) is 2.08. The van der Waals surface area contributed by atoms with Gasteiger partial charge in [-0.05, 0) is 92.7 Å². The van der Waals surface area contributed by atoms with E-state index in [0.29, 0.717) is 5.82 Å². The van der Waals surface area contributed by atoms with Crippen molar-refractivity contribution in [2.24, 2.45) is 7.05 Å². The first kappa shape index (κ1) is 31.3. The number of aromatic nitrogens is 3. The molecule has 0 atom stereocenters. The molecule has 0 bridgehead atoms. The summed E-state index contributed by atoms with van der Waals surface area (Å²) in [5.41, 5.74) is 13.0. The molecule has 52 heavy (non-hydrogen) atoms. The Morgan fingerprint density at radius 2 is 0.923 bits per heavy atom. The first-order valence-electron chi connectivity index (χ1n) is 17.7. The average molecular weight is 667 g/mol. The second kappa shape index (κ2) is 13.2. The Bertz CT molecular complexity index is 2710. The minimum Gasteiger partial charge on any atom is -0.228 e. The van der Waals surface area contributed by atoms with Crippen LogP contribution < -0.4 is 4.57 Å². The van der Waals surface area contributed by atoms with Gasteiger partial charge < -0.3 is 0 Å². The zero-order valence-electron chi connectivity index (χ0n) is 29.2. The highest BCUT2D eigenvalue weighted by Crippen LogP contribution is 2.39. The van der Waals surface area contributed by atoms with E-state index in [1.54, 1.807) is 0 Å². The third-order valence-electron chi connectivity index (χ3n) is 9.82. The molecule has 0 saturated heterocycles. The molecular formula is C49H36N3+. The second-order valence-electron chi connectivity index (χ2n) is 13.5. The molecule has 2 heterocycles. The van der Waals surface area contributed by atoms with Crippen molar-refractivity contribution < 1.29 is 4.57 Å². The van der Waals surface area contributed by atoms with Gasteiger partial charge in [0.25, 0.3) is 0 Å². The van der Waals surface area contributed by atoms with Crippen molar-refractivity contribution in [2.75, 3.05) is 0 Å². The molecule has 0 aliphatic carbocycles.